The first-order chi connectivity index (χ1) is 10.6. The molecule has 22 heavy (non-hydrogen) atoms. The molecule has 1 heterocycles. The highest BCUT2D eigenvalue weighted by Gasteiger charge is 2.18. The van der Waals surface area contributed by atoms with E-state index in [1.165, 1.54) is 0 Å². The number of amides is 1. The Morgan fingerprint density at radius 2 is 2.09 bits per heavy atom. The van der Waals surface area contributed by atoms with Crippen molar-refractivity contribution in [2.75, 3.05) is 38.2 Å². The van der Waals surface area contributed by atoms with E-state index < -0.39 is 0 Å². The van der Waals surface area contributed by atoms with Crippen LogP contribution < -0.4 is 5.32 Å². The van der Waals surface area contributed by atoms with Crippen LogP contribution in [0.4, 0.5) is 5.69 Å². The molecule has 0 radical (unpaired) electrons. The molecule has 6 heteroatoms. The van der Waals surface area contributed by atoms with Crippen LogP contribution in [-0.4, -0.2) is 55.7 Å². The maximum atomic E-state index is 12.0. The quantitative estimate of drug-likeness (QED) is 0.836. The smallest absolute Gasteiger partial charge is 0.338 e. The van der Waals surface area contributed by atoms with E-state index in [2.05, 4.69) is 10.2 Å². The van der Waals surface area contributed by atoms with Crippen LogP contribution in [0.5, 0.6) is 0 Å². The molecule has 0 aromatic heterocycles. The van der Waals surface area contributed by atoms with E-state index in [4.69, 9.17) is 9.47 Å². The van der Waals surface area contributed by atoms with Crippen molar-refractivity contribution < 1.29 is 19.1 Å². The molecular formula is C16H22N2O4. The van der Waals surface area contributed by atoms with Gasteiger partial charge in [0, 0.05) is 18.8 Å². The van der Waals surface area contributed by atoms with Gasteiger partial charge in [-0.15, -0.1) is 0 Å². The Balaban J connectivity index is 1.85. The topological polar surface area (TPSA) is 67.9 Å². The Hall–Kier alpha value is -1.92. The number of hydrogen-bond donors (Lipinski definition) is 1. The van der Waals surface area contributed by atoms with Crippen molar-refractivity contribution in [3.05, 3.63) is 29.8 Å². The monoisotopic (exact) mass is 306 g/mol. The van der Waals surface area contributed by atoms with E-state index >= 15 is 0 Å². The summed E-state index contributed by atoms with van der Waals surface area (Å²) in [5.41, 5.74) is 1.14. The third-order valence-corrected chi connectivity index (χ3v) is 3.37. The Kier molecular flexibility index (Phi) is 5.91. The van der Waals surface area contributed by atoms with Gasteiger partial charge < -0.3 is 14.8 Å². The summed E-state index contributed by atoms with van der Waals surface area (Å²) in [7, 11) is 0. The normalized spacial score (nSPS) is 18.7. The zero-order chi connectivity index (χ0) is 15.9. The molecule has 1 aromatic carbocycles. The van der Waals surface area contributed by atoms with Crippen LogP contribution in [0.3, 0.4) is 0 Å². The van der Waals surface area contributed by atoms with Gasteiger partial charge in [0.1, 0.15) is 0 Å². The molecule has 6 nitrogen and oxygen atoms in total. The number of anilines is 1. The fourth-order valence-corrected chi connectivity index (χ4v) is 2.34. The molecule has 2 rings (SSSR count). The zero-order valence-electron chi connectivity index (χ0n) is 13.0. The van der Waals surface area contributed by atoms with Crippen molar-refractivity contribution in [3.63, 3.8) is 0 Å². The number of nitrogens with one attached hydrogen (secondary N) is 1. The summed E-state index contributed by atoms with van der Waals surface area (Å²) in [5.74, 6) is -0.430. The van der Waals surface area contributed by atoms with Gasteiger partial charge in [0.15, 0.2) is 0 Å². The maximum absolute atomic E-state index is 12.0. The van der Waals surface area contributed by atoms with E-state index in [1.54, 1.807) is 31.2 Å². The molecule has 1 saturated heterocycles. The SMILES string of the molecule is CCOC(=O)c1ccc(NC(=O)CN2CCO[C@H](C)C2)cc1. The van der Waals surface area contributed by atoms with Gasteiger partial charge in [-0.05, 0) is 38.1 Å². The molecule has 1 fully saturated rings. The maximum Gasteiger partial charge on any atom is 0.338 e. The number of hydrogen-bond acceptors (Lipinski definition) is 5. The summed E-state index contributed by atoms with van der Waals surface area (Å²) in [6.45, 7) is 6.62. The highest BCUT2D eigenvalue weighted by molar-refractivity contribution is 5.94. The average molecular weight is 306 g/mol. The molecule has 1 aliphatic rings. The highest BCUT2D eigenvalue weighted by atomic mass is 16.5. The predicted octanol–water partition coefficient (Wildman–Crippen LogP) is 1.52. The third kappa shape index (κ3) is 4.82. The number of ether oxygens (including phenoxy) is 2. The first kappa shape index (κ1) is 16.5. The van der Waals surface area contributed by atoms with Crippen molar-refractivity contribution >= 4 is 17.6 Å². The Labute approximate surface area is 130 Å². The largest absolute Gasteiger partial charge is 0.462 e. The van der Waals surface area contributed by atoms with Crippen molar-refractivity contribution in [2.45, 2.75) is 20.0 Å². The molecule has 0 spiro atoms. The van der Waals surface area contributed by atoms with Crippen LogP contribution in [-0.2, 0) is 14.3 Å². The lowest BCUT2D eigenvalue weighted by Crippen LogP contribution is -2.44. The fourth-order valence-electron chi connectivity index (χ4n) is 2.34. The van der Waals surface area contributed by atoms with Crippen LogP contribution in [0.1, 0.15) is 24.2 Å². The van der Waals surface area contributed by atoms with Crippen LogP contribution >= 0.6 is 0 Å². The van der Waals surface area contributed by atoms with Gasteiger partial charge in [-0.25, -0.2) is 4.79 Å². The highest BCUT2D eigenvalue weighted by Crippen LogP contribution is 2.11. The number of esters is 1. The third-order valence-electron chi connectivity index (χ3n) is 3.37. The van der Waals surface area contributed by atoms with Gasteiger partial charge in [-0.3, -0.25) is 9.69 Å². The number of nitrogens with zero attached hydrogens (tertiary/aromatic N) is 1. The minimum absolute atomic E-state index is 0.0713. The van der Waals surface area contributed by atoms with E-state index in [9.17, 15) is 9.59 Å². The second-order valence-corrected chi connectivity index (χ2v) is 5.26. The molecular weight excluding hydrogens is 284 g/mol. The number of rotatable bonds is 5. The molecule has 120 valence electrons. The molecule has 1 atom stereocenters. The van der Waals surface area contributed by atoms with Crippen molar-refractivity contribution in [1.29, 1.82) is 0 Å². The lowest BCUT2D eigenvalue weighted by atomic mass is 10.2. The second-order valence-electron chi connectivity index (χ2n) is 5.26. The van der Waals surface area contributed by atoms with Crippen LogP contribution in [0.15, 0.2) is 24.3 Å². The number of benzene rings is 1. The van der Waals surface area contributed by atoms with Crippen LogP contribution in [0, 0.1) is 0 Å². The van der Waals surface area contributed by atoms with Gasteiger partial charge in [0.2, 0.25) is 5.91 Å². The average Bonchev–Trinajstić information content (AvgIpc) is 2.48. The van der Waals surface area contributed by atoms with Crippen molar-refractivity contribution in [1.82, 2.24) is 4.90 Å². The fraction of sp³-hybridized carbons (Fsp3) is 0.500. The summed E-state index contributed by atoms with van der Waals surface area (Å²) in [6, 6.07) is 6.69. The van der Waals surface area contributed by atoms with Gasteiger partial charge in [-0.1, -0.05) is 0 Å². The number of morpholine rings is 1. The minimum Gasteiger partial charge on any atom is -0.462 e. The molecule has 1 amide bonds. The predicted molar refractivity (Wildman–Crippen MR) is 82.9 cm³/mol. The summed E-state index contributed by atoms with van der Waals surface area (Å²) in [6.07, 6.45) is 0.158. The Morgan fingerprint density at radius 3 is 2.73 bits per heavy atom. The van der Waals surface area contributed by atoms with Crippen molar-refractivity contribution in [2.24, 2.45) is 0 Å². The van der Waals surface area contributed by atoms with Gasteiger partial charge in [0.25, 0.3) is 0 Å². The zero-order valence-corrected chi connectivity index (χ0v) is 13.0. The first-order valence-electron chi connectivity index (χ1n) is 7.49. The van der Waals surface area contributed by atoms with Gasteiger partial charge in [-0.2, -0.15) is 0 Å². The molecule has 1 N–H and O–H groups in total. The molecule has 1 aliphatic heterocycles. The van der Waals surface area contributed by atoms with Crippen LogP contribution in [0.25, 0.3) is 0 Å². The van der Waals surface area contributed by atoms with E-state index in [-0.39, 0.29) is 18.0 Å². The lowest BCUT2D eigenvalue weighted by molar-refractivity contribution is -0.119. The Morgan fingerprint density at radius 1 is 1.36 bits per heavy atom. The van der Waals surface area contributed by atoms with Gasteiger partial charge in [0.05, 0.1) is 31.4 Å². The molecule has 0 saturated carbocycles. The second kappa shape index (κ2) is 7.91. The molecule has 0 unspecified atom stereocenters. The number of carbonyl (C=O) groups excluding carboxylic acids is 2. The van der Waals surface area contributed by atoms with Crippen LogP contribution in [0.2, 0.25) is 0 Å². The standard InChI is InChI=1S/C16H22N2O4/c1-3-21-16(20)13-4-6-14(7-5-13)17-15(19)11-18-8-9-22-12(2)10-18/h4-7,12H,3,8-11H2,1-2H3,(H,17,19)/t12-/m1/s1. The molecule has 0 bridgehead atoms. The van der Waals surface area contributed by atoms with Crippen molar-refractivity contribution in [3.8, 4) is 0 Å². The van der Waals surface area contributed by atoms with Gasteiger partial charge >= 0.3 is 5.97 Å². The number of carbonyl (C=O) groups is 2. The molecule has 1 aromatic rings. The summed E-state index contributed by atoms with van der Waals surface area (Å²) in [5, 5.41) is 2.83. The van der Waals surface area contributed by atoms with E-state index in [1.807, 2.05) is 6.92 Å². The first-order valence-corrected chi connectivity index (χ1v) is 7.49. The summed E-state index contributed by atoms with van der Waals surface area (Å²) in [4.78, 5) is 25.6. The minimum atomic E-state index is -0.359. The summed E-state index contributed by atoms with van der Waals surface area (Å²) >= 11 is 0. The lowest BCUT2D eigenvalue weighted by Gasteiger charge is -2.30. The Bertz CT molecular complexity index is 515. The summed E-state index contributed by atoms with van der Waals surface area (Å²) < 4.78 is 10.4. The van der Waals surface area contributed by atoms with E-state index in [0.717, 1.165) is 13.1 Å². The van der Waals surface area contributed by atoms with E-state index in [0.29, 0.717) is 31.0 Å². The molecule has 0 aliphatic carbocycles.